The van der Waals surface area contributed by atoms with E-state index in [1.807, 2.05) is 6.07 Å². The number of piperidine rings is 1. The Morgan fingerprint density at radius 1 is 1.09 bits per heavy atom. The number of nitrogens with one attached hydrogen (secondary N) is 2. The van der Waals surface area contributed by atoms with Crippen LogP contribution >= 0.6 is 23.2 Å². The number of fused-ring (bicyclic) bond motifs is 1. The van der Waals surface area contributed by atoms with Crippen molar-refractivity contribution in [2.24, 2.45) is 0 Å². The summed E-state index contributed by atoms with van der Waals surface area (Å²) in [4.78, 5) is 29.5. The van der Waals surface area contributed by atoms with Gasteiger partial charge in [-0.3, -0.25) is 19.8 Å². The molecular weight excluding hydrogens is 479 g/mol. The van der Waals surface area contributed by atoms with Crippen LogP contribution in [0.2, 0.25) is 10.0 Å². The number of ether oxygens (including phenoxy) is 2. The Balaban J connectivity index is 1.15. The second kappa shape index (κ2) is 10.00. The van der Waals surface area contributed by atoms with Crippen LogP contribution < -0.4 is 10.3 Å². The number of aromatic nitrogens is 2. The Hall–Kier alpha value is -2.52. The highest BCUT2D eigenvalue weighted by Crippen LogP contribution is 2.28. The van der Waals surface area contributed by atoms with Gasteiger partial charge in [0.15, 0.2) is 0 Å². The zero-order valence-electron chi connectivity index (χ0n) is 18.6. The predicted octanol–water partition coefficient (Wildman–Crippen LogP) is 3.55. The molecule has 10 heteroatoms. The fourth-order valence-corrected chi connectivity index (χ4v) is 4.98. The van der Waals surface area contributed by atoms with E-state index in [1.54, 1.807) is 35.2 Å². The van der Waals surface area contributed by atoms with Crippen molar-refractivity contribution < 1.29 is 14.3 Å². The number of carbonyl (C=O) groups excluding carboxylic acids is 1. The fraction of sp³-hybridized carbons (Fsp3) is 0.417. The Morgan fingerprint density at radius 2 is 1.91 bits per heavy atom. The van der Waals surface area contributed by atoms with Gasteiger partial charge < -0.3 is 19.3 Å². The van der Waals surface area contributed by atoms with Gasteiger partial charge in [-0.1, -0.05) is 29.3 Å². The first-order valence-electron chi connectivity index (χ1n) is 11.4. The molecule has 2 saturated heterocycles. The molecule has 2 aliphatic rings. The first-order valence-corrected chi connectivity index (χ1v) is 12.2. The molecule has 1 atom stereocenters. The number of morpholine rings is 1. The van der Waals surface area contributed by atoms with Crippen LogP contribution in [0.5, 0.6) is 5.75 Å². The molecule has 8 nitrogen and oxygen atoms in total. The van der Waals surface area contributed by atoms with Crippen LogP contribution in [0.4, 0.5) is 0 Å². The number of hydrogen-bond donors (Lipinski definition) is 2. The molecule has 0 bridgehead atoms. The minimum Gasteiger partial charge on any atom is -0.490 e. The molecule has 1 amide bonds. The van der Waals surface area contributed by atoms with Crippen molar-refractivity contribution in [2.45, 2.75) is 25.0 Å². The largest absolute Gasteiger partial charge is 0.490 e. The van der Waals surface area contributed by atoms with Crippen molar-refractivity contribution in [1.29, 1.82) is 0 Å². The molecule has 2 fully saturated rings. The maximum Gasteiger partial charge on any atom is 0.272 e. The van der Waals surface area contributed by atoms with Crippen molar-refractivity contribution in [1.82, 2.24) is 20.0 Å². The number of rotatable bonds is 5. The van der Waals surface area contributed by atoms with Crippen molar-refractivity contribution in [3.8, 4) is 5.75 Å². The predicted molar refractivity (Wildman–Crippen MR) is 131 cm³/mol. The van der Waals surface area contributed by atoms with Gasteiger partial charge in [-0.25, -0.2) is 0 Å². The number of benzene rings is 2. The molecule has 1 unspecified atom stereocenters. The molecule has 0 spiro atoms. The van der Waals surface area contributed by atoms with E-state index in [-0.39, 0.29) is 23.7 Å². The second-order valence-corrected chi connectivity index (χ2v) is 9.56. The summed E-state index contributed by atoms with van der Waals surface area (Å²) in [6.07, 6.45) is 1.84. The molecule has 5 rings (SSSR count). The van der Waals surface area contributed by atoms with E-state index >= 15 is 0 Å². The lowest BCUT2D eigenvalue weighted by Gasteiger charge is -2.38. The summed E-state index contributed by atoms with van der Waals surface area (Å²) in [7, 11) is 0. The normalized spacial score (nSPS) is 20.1. The lowest BCUT2D eigenvalue weighted by atomic mass is 10.1. The summed E-state index contributed by atoms with van der Waals surface area (Å²) in [5.74, 6) is 0.589. The van der Waals surface area contributed by atoms with Crippen LogP contribution in [-0.4, -0.2) is 77.4 Å². The summed E-state index contributed by atoms with van der Waals surface area (Å²) in [6.45, 7) is 4.01. The molecule has 34 heavy (non-hydrogen) atoms. The van der Waals surface area contributed by atoms with Crippen LogP contribution in [0.3, 0.4) is 0 Å². The maximum absolute atomic E-state index is 13.2. The zero-order valence-corrected chi connectivity index (χ0v) is 20.1. The Kier molecular flexibility index (Phi) is 6.83. The minimum atomic E-state index is -0.283. The molecule has 3 heterocycles. The topological polar surface area (TPSA) is 90.7 Å². The number of H-pyrrole nitrogens is 2. The van der Waals surface area contributed by atoms with E-state index in [9.17, 15) is 9.59 Å². The number of carbonyl (C=O) groups is 1. The molecular formula is C24H26Cl2N4O4. The summed E-state index contributed by atoms with van der Waals surface area (Å²) >= 11 is 12.1. The zero-order chi connectivity index (χ0) is 23.7. The standard InChI is InChI=1S/C24H26Cl2N4O4/c25-19-5-4-16(12-20(19)26)34-15-6-8-29(9-7-15)13-17-14-30(10-11-33-17)24(32)18-2-1-3-21-22(18)23(31)28-27-21/h1-5,12,15,17H,6-11,13-14H2,(H2,27,28,31). The summed E-state index contributed by atoms with van der Waals surface area (Å²) in [5, 5.41) is 6.77. The number of nitrogens with zero attached hydrogens (tertiary/aromatic N) is 2. The SMILES string of the molecule is O=C(c1cccc2[nH][nH]c(=O)c12)N1CCOC(CN2CCC(Oc3ccc(Cl)c(Cl)c3)CC2)C1. The Bertz CT molecular complexity index is 1240. The third kappa shape index (κ3) is 4.95. The summed E-state index contributed by atoms with van der Waals surface area (Å²) in [6, 6.07) is 10.6. The number of amides is 1. The van der Waals surface area contributed by atoms with Crippen molar-refractivity contribution in [2.75, 3.05) is 39.3 Å². The van der Waals surface area contributed by atoms with Gasteiger partial charge in [0.25, 0.3) is 11.5 Å². The lowest BCUT2D eigenvalue weighted by Crippen LogP contribution is -2.51. The molecule has 2 N–H and O–H groups in total. The smallest absolute Gasteiger partial charge is 0.272 e. The van der Waals surface area contributed by atoms with Crippen LogP contribution in [0.1, 0.15) is 23.2 Å². The molecule has 1 aromatic heterocycles. The molecule has 0 saturated carbocycles. The van der Waals surface area contributed by atoms with Gasteiger partial charge >= 0.3 is 0 Å². The average molecular weight is 505 g/mol. The Labute approximate surface area is 206 Å². The number of halogens is 2. The van der Waals surface area contributed by atoms with Gasteiger partial charge in [0.1, 0.15) is 11.9 Å². The van der Waals surface area contributed by atoms with Gasteiger partial charge in [-0.2, -0.15) is 0 Å². The quantitative estimate of drug-likeness (QED) is 0.554. The Morgan fingerprint density at radius 3 is 2.71 bits per heavy atom. The van der Waals surface area contributed by atoms with Gasteiger partial charge in [-0.15, -0.1) is 0 Å². The molecule has 3 aromatic rings. The van der Waals surface area contributed by atoms with Crippen LogP contribution in [0.15, 0.2) is 41.2 Å². The van der Waals surface area contributed by atoms with Crippen LogP contribution in [0.25, 0.3) is 10.9 Å². The average Bonchev–Trinajstić information content (AvgIpc) is 3.23. The van der Waals surface area contributed by atoms with E-state index in [0.717, 1.165) is 38.2 Å². The van der Waals surface area contributed by atoms with Gasteiger partial charge in [0, 0.05) is 38.8 Å². The van der Waals surface area contributed by atoms with Gasteiger partial charge in [0.2, 0.25) is 0 Å². The monoisotopic (exact) mass is 504 g/mol. The van der Waals surface area contributed by atoms with E-state index in [2.05, 4.69) is 15.1 Å². The van der Waals surface area contributed by atoms with E-state index < -0.39 is 0 Å². The summed E-state index contributed by atoms with van der Waals surface area (Å²) < 4.78 is 12.1. The third-order valence-electron chi connectivity index (χ3n) is 6.45. The first-order chi connectivity index (χ1) is 16.5. The van der Waals surface area contributed by atoms with E-state index in [4.69, 9.17) is 32.7 Å². The highest BCUT2D eigenvalue weighted by Gasteiger charge is 2.29. The molecule has 0 radical (unpaired) electrons. The fourth-order valence-electron chi connectivity index (χ4n) is 4.69. The highest BCUT2D eigenvalue weighted by molar-refractivity contribution is 6.42. The molecule has 2 aromatic carbocycles. The number of aromatic amines is 2. The number of hydrogen-bond acceptors (Lipinski definition) is 5. The van der Waals surface area contributed by atoms with Crippen molar-refractivity contribution >= 4 is 40.0 Å². The minimum absolute atomic E-state index is 0.0750. The van der Waals surface area contributed by atoms with E-state index in [0.29, 0.717) is 46.2 Å². The van der Waals surface area contributed by atoms with Crippen molar-refractivity contribution in [3.63, 3.8) is 0 Å². The van der Waals surface area contributed by atoms with E-state index in [1.165, 1.54) is 0 Å². The molecule has 2 aliphatic heterocycles. The molecule has 0 aliphatic carbocycles. The van der Waals surface area contributed by atoms with Crippen LogP contribution in [-0.2, 0) is 4.74 Å². The van der Waals surface area contributed by atoms with Gasteiger partial charge in [0.05, 0.1) is 39.2 Å². The van der Waals surface area contributed by atoms with Crippen molar-refractivity contribution in [3.05, 3.63) is 62.4 Å². The lowest BCUT2D eigenvalue weighted by molar-refractivity contribution is -0.0413. The van der Waals surface area contributed by atoms with Crippen LogP contribution in [0, 0.1) is 0 Å². The first kappa shape index (κ1) is 23.2. The second-order valence-electron chi connectivity index (χ2n) is 8.74. The summed E-state index contributed by atoms with van der Waals surface area (Å²) in [5.41, 5.74) is 0.766. The van der Waals surface area contributed by atoms with Gasteiger partial charge in [-0.05, 0) is 37.1 Å². The third-order valence-corrected chi connectivity index (χ3v) is 7.19. The highest BCUT2D eigenvalue weighted by atomic mass is 35.5. The molecule has 180 valence electrons. The number of likely N-dealkylation sites (tertiary alicyclic amines) is 1. The maximum atomic E-state index is 13.2.